The Morgan fingerprint density at radius 2 is 1.85 bits per heavy atom. The van der Waals surface area contributed by atoms with Crippen LogP contribution in [0.3, 0.4) is 0 Å². The predicted octanol–water partition coefficient (Wildman–Crippen LogP) is 3.82. The molecule has 2 rings (SSSR count). The molecule has 0 spiro atoms. The molecule has 1 atom stereocenters. The topological polar surface area (TPSA) is 34.2 Å². The zero-order valence-corrected chi connectivity index (χ0v) is 12.4. The molecule has 1 aromatic heterocycles. The number of hydrogen-bond donors (Lipinski definition) is 1. The van der Waals surface area contributed by atoms with Crippen LogP contribution in [0.25, 0.3) is 11.1 Å². The molecule has 20 heavy (non-hydrogen) atoms. The summed E-state index contributed by atoms with van der Waals surface area (Å²) in [7, 11) is 1.66. The second-order valence-corrected chi connectivity index (χ2v) is 4.75. The van der Waals surface area contributed by atoms with Crippen molar-refractivity contribution in [2.24, 2.45) is 0 Å². The quantitative estimate of drug-likeness (QED) is 0.866. The predicted molar refractivity (Wildman–Crippen MR) is 82.9 cm³/mol. The monoisotopic (exact) mass is 270 g/mol. The Hall–Kier alpha value is -1.87. The molecule has 3 heteroatoms. The molecule has 0 saturated carbocycles. The zero-order valence-electron chi connectivity index (χ0n) is 12.4. The number of nitrogens with one attached hydrogen (secondary N) is 1. The van der Waals surface area contributed by atoms with E-state index in [0.29, 0.717) is 6.04 Å². The first-order chi connectivity index (χ1) is 9.78. The van der Waals surface area contributed by atoms with Crippen LogP contribution in [0, 0.1) is 0 Å². The summed E-state index contributed by atoms with van der Waals surface area (Å²) in [6, 6.07) is 11.1. The van der Waals surface area contributed by atoms with Crippen LogP contribution in [0.1, 0.15) is 31.9 Å². The molecule has 0 saturated heterocycles. The number of pyridine rings is 1. The second-order valence-electron chi connectivity index (χ2n) is 4.75. The number of rotatable bonds is 6. The van der Waals surface area contributed by atoms with Crippen molar-refractivity contribution in [1.29, 1.82) is 0 Å². The Labute approximate surface area is 121 Å². The molecule has 2 aromatic rings. The number of ether oxygens (including phenoxy) is 1. The maximum atomic E-state index is 5.22. The first-order valence-corrected chi connectivity index (χ1v) is 7.11. The average Bonchev–Trinajstić information content (AvgIpc) is 2.53. The molecule has 1 aromatic carbocycles. The van der Waals surface area contributed by atoms with Gasteiger partial charge < -0.3 is 10.1 Å². The van der Waals surface area contributed by atoms with Crippen LogP contribution in [0.5, 0.6) is 5.75 Å². The van der Waals surface area contributed by atoms with Crippen LogP contribution in [0.15, 0.2) is 42.7 Å². The van der Waals surface area contributed by atoms with E-state index in [9.17, 15) is 0 Å². The maximum absolute atomic E-state index is 5.22. The second kappa shape index (κ2) is 7.06. The number of hydrogen-bond acceptors (Lipinski definition) is 3. The number of aromatic nitrogens is 1. The van der Waals surface area contributed by atoms with E-state index in [1.165, 1.54) is 5.56 Å². The van der Waals surface area contributed by atoms with Gasteiger partial charge in [0, 0.05) is 17.8 Å². The summed E-state index contributed by atoms with van der Waals surface area (Å²) in [6.07, 6.45) is 4.67. The first kappa shape index (κ1) is 14.5. The van der Waals surface area contributed by atoms with E-state index >= 15 is 0 Å². The summed E-state index contributed by atoms with van der Waals surface area (Å²) < 4.78 is 5.22. The number of benzene rings is 1. The third kappa shape index (κ3) is 3.36. The van der Waals surface area contributed by atoms with Gasteiger partial charge in [0.15, 0.2) is 0 Å². The molecule has 0 bridgehead atoms. The van der Waals surface area contributed by atoms with Crippen LogP contribution in [-0.4, -0.2) is 18.6 Å². The van der Waals surface area contributed by atoms with E-state index in [0.717, 1.165) is 29.8 Å². The third-order valence-electron chi connectivity index (χ3n) is 3.45. The fraction of sp³-hybridized carbons (Fsp3) is 0.353. The van der Waals surface area contributed by atoms with Gasteiger partial charge in [0.05, 0.1) is 13.3 Å². The molecule has 0 fully saturated rings. The molecular weight excluding hydrogens is 248 g/mol. The van der Waals surface area contributed by atoms with Gasteiger partial charge in [-0.05, 0) is 30.2 Å². The molecule has 1 unspecified atom stereocenters. The third-order valence-corrected chi connectivity index (χ3v) is 3.45. The van der Waals surface area contributed by atoms with Gasteiger partial charge in [-0.25, -0.2) is 0 Å². The molecule has 1 N–H and O–H groups in total. The van der Waals surface area contributed by atoms with Crippen LogP contribution >= 0.6 is 0 Å². The molecule has 0 radical (unpaired) electrons. The number of nitrogens with zero attached hydrogens (tertiary/aromatic N) is 1. The Balaban J connectivity index is 2.22. The zero-order chi connectivity index (χ0) is 14.4. The maximum Gasteiger partial charge on any atom is 0.137 e. The van der Waals surface area contributed by atoms with E-state index in [-0.39, 0.29) is 0 Å². The Bertz CT molecular complexity index is 537. The normalized spacial score (nSPS) is 12.2. The summed E-state index contributed by atoms with van der Waals surface area (Å²) >= 11 is 0. The van der Waals surface area contributed by atoms with Gasteiger partial charge in [0.25, 0.3) is 0 Å². The van der Waals surface area contributed by atoms with Crippen molar-refractivity contribution in [3.63, 3.8) is 0 Å². The first-order valence-electron chi connectivity index (χ1n) is 7.11. The Morgan fingerprint density at radius 1 is 1.10 bits per heavy atom. The molecule has 0 aliphatic carbocycles. The molecule has 0 amide bonds. The van der Waals surface area contributed by atoms with Gasteiger partial charge in [0.2, 0.25) is 0 Å². The fourth-order valence-electron chi connectivity index (χ4n) is 2.34. The van der Waals surface area contributed by atoms with Gasteiger partial charge in [-0.2, -0.15) is 0 Å². The lowest BCUT2D eigenvalue weighted by atomic mass is 10.0. The van der Waals surface area contributed by atoms with Crippen molar-refractivity contribution < 1.29 is 4.74 Å². The van der Waals surface area contributed by atoms with Crippen LogP contribution in [-0.2, 0) is 0 Å². The van der Waals surface area contributed by atoms with Gasteiger partial charge in [-0.3, -0.25) is 4.98 Å². The van der Waals surface area contributed by atoms with Crippen molar-refractivity contribution in [2.75, 3.05) is 13.7 Å². The van der Waals surface area contributed by atoms with Crippen molar-refractivity contribution in [3.05, 3.63) is 48.3 Å². The lowest BCUT2D eigenvalue weighted by Gasteiger charge is -2.16. The van der Waals surface area contributed by atoms with E-state index < -0.39 is 0 Å². The minimum absolute atomic E-state index is 0.428. The molecule has 0 aliphatic rings. The smallest absolute Gasteiger partial charge is 0.137 e. The Kier molecular flexibility index (Phi) is 5.13. The lowest BCUT2D eigenvalue weighted by molar-refractivity contribution is 0.413. The van der Waals surface area contributed by atoms with Crippen molar-refractivity contribution in [3.8, 4) is 16.9 Å². The SMILES string of the molecule is CCNC(CC)c1ccc(-c2cncc(OC)c2)cc1. The minimum Gasteiger partial charge on any atom is -0.495 e. The van der Waals surface area contributed by atoms with Gasteiger partial charge >= 0.3 is 0 Å². The highest BCUT2D eigenvalue weighted by Crippen LogP contribution is 2.25. The molecule has 106 valence electrons. The highest BCUT2D eigenvalue weighted by molar-refractivity contribution is 5.64. The van der Waals surface area contributed by atoms with E-state index in [1.54, 1.807) is 13.3 Å². The highest BCUT2D eigenvalue weighted by Gasteiger charge is 2.08. The summed E-state index contributed by atoms with van der Waals surface area (Å²) in [5.74, 6) is 0.783. The molecule has 1 heterocycles. The number of methoxy groups -OCH3 is 1. The van der Waals surface area contributed by atoms with Crippen LogP contribution in [0.4, 0.5) is 0 Å². The largest absolute Gasteiger partial charge is 0.495 e. The standard InChI is InChI=1S/C17H22N2O/c1-4-17(19-5-2)14-8-6-13(7-9-14)15-10-16(20-3)12-18-11-15/h6-12,17,19H,4-5H2,1-3H3. The van der Waals surface area contributed by atoms with Crippen molar-refractivity contribution in [2.45, 2.75) is 26.3 Å². The fourth-order valence-corrected chi connectivity index (χ4v) is 2.34. The van der Waals surface area contributed by atoms with Gasteiger partial charge in [-0.1, -0.05) is 38.1 Å². The summed E-state index contributed by atoms with van der Waals surface area (Å²) in [4.78, 5) is 4.20. The van der Waals surface area contributed by atoms with Gasteiger partial charge in [-0.15, -0.1) is 0 Å². The summed E-state index contributed by atoms with van der Waals surface area (Å²) in [5, 5.41) is 3.49. The van der Waals surface area contributed by atoms with Gasteiger partial charge in [0.1, 0.15) is 5.75 Å². The summed E-state index contributed by atoms with van der Waals surface area (Å²) in [6.45, 7) is 5.33. The molecule has 3 nitrogen and oxygen atoms in total. The lowest BCUT2D eigenvalue weighted by Crippen LogP contribution is -2.19. The minimum atomic E-state index is 0.428. The van der Waals surface area contributed by atoms with E-state index in [4.69, 9.17) is 4.74 Å². The average molecular weight is 270 g/mol. The highest BCUT2D eigenvalue weighted by atomic mass is 16.5. The van der Waals surface area contributed by atoms with Crippen LogP contribution < -0.4 is 10.1 Å². The summed E-state index contributed by atoms with van der Waals surface area (Å²) in [5.41, 5.74) is 3.56. The molecule has 0 aliphatic heterocycles. The Morgan fingerprint density at radius 3 is 2.45 bits per heavy atom. The van der Waals surface area contributed by atoms with Crippen molar-refractivity contribution in [1.82, 2.24) is 10.3 Å². The van der Waals surface area contributed by atoms with E-state index in [2.05, 4.69) is 48.4 Å². The van der Waals surface area contributed by atoms with Crippen molar-refractivity contribution >= 4 is 0 Å². The molecular formula is C17H22N2O. The van der Waals surface area contributed by atoms with Crippen LogP contribution in [0.2, 0.25) is 0 Å². The van der Waals surface area contributed by atoms with E-state index in [1.807, 2.05) is 12.3 Å².